The summed E-state index contributed by atoms with van der Waals surface area (Å²) >= 11 is 17.7. The molecular weight excluding hydrogens is 411 g/mol. The summed E-state index contributed by atoms with van der Waals surface area (Å²) in [4.78, 5) is 11.8. The van der Waals surface area contributed by atoms with Gasteiger partial charge in [0.25, 0.3) is 5.91 Å². The fraction of sp³-hybridized carbons (Fsp3) is 0.0526. The van der Waals surface area contributed by atoms with Gasteiger partial charge in [-0.3, -0.25) is 4.79 Å². The van der Waals surface area contributed by atoms with Crippen LogP contribution in [0.3, 0.4) is 0 Å². The first kappa shape index (κ1) is 19.3. The maximum absolute atomic E-state index is 11.8. The van der Waals surface area contributed by atoms with Crippen molar-refractivity contribution in [3.8, 4) is 17.1 Å². The lowest BCUT2D eigenvalue weighted by atomic mass is 10.2. The van der Waals surface area contributed by atoms with Gasteiger partial charge in [0.2, 0.25) is 0 Å². The van der Waals surface area contributed by atoms with Crippen molar-refractivity contribution in [2.24, 2.45) is 5.10 Å². The van der Waals surface area contributed by atoms with Gasteiger partial charge in [-0.05, 0) is 48.5 Å². The second-order valence-corrected chi connectivity index (χ2v) is 6.65. The van der Waals surface area contributed by atoms with Crippen LogP contribution >= 0.6 is 34.8 Å². The Labute approximate surface area is 170 Å². The minimum Gasteiger partial charge on any atom is -0.482 e. The molecule has 0 fully saturated rings. The van der Waals surface area contributed by atoms with Gasteiger partial charge < -0.3 is 9.15 Å². The molecule has 5 nitrogen and oxygen atoms in total. The summed E-state index contributed by atoms with van der Waals surface area (Å²) in [5.74, 6) is 1.02. The van der Waals surface area contributed by atoms with Gasteiger partial charge in [-0.1, -0.05) is 34.8 Å². The van der Waals surface area contributed by atoms with E-state index >= 15 is 0 Å². The number of nitrogens with zero attached hydrogens (tertiary/aromatic N) is 1. The molecule has 0 atom stereocenters. The molecule has 1 N–H and O–H groups in total. The van der Waals surface area contributed by atoms with E-state index in [1.165, 1.54) is 12.3 Å². The number of hydrazone groups is 1. The molecule has 0 aliphatic rings. The molecule has 0 saturated carbocycles. The largest absolute Gasteiger partial charge is 0.482 e. The predicted molar refractivity (Wildman–Crippen MR) is 107 cm³/mol. The molecule has 3 aromatic rings. The van der Waals surface area contributed by atoms with Crippen LogP contribution in [0.4, 0.5) is 0 Å². The molecule has 0 aliphatic heterocycles. The maximum Gasteiger partial charge on any atom is 0.277 e. The minimum atomic E-state index is -0.452. The number of ether oxygens (including phenoxy) is 1. The third-order valence-electron chi connectivity index (χ3n) is 3.39. The summed E-state index contributed by atoms with van der Waals surface area (Å²) < 4.78 is 11.0. The van der Waals surface area contributed by atoms with Crippen molar-refractivity contribution in [2.75, 3.05) is 6.61 Å². The fourth-order valence-electron chi connectivity index (χ4n) is 2.12. The van der Waals surface area contributed by atoms with Crippen molar-refractivity contribution in [1.82, 2.24) is 5.43 Å². The lowest BCUT2D eigenvalue weighted by Crippen LogP contribution is -2.24. The van der Waals surface area contributed by atoms with E-state index in [1.807, 2.05) is 12.1 Å². The highest BCUT2D eigenvalue weighted by Crippen LogP contribution is 2.27. The smallest absolute Gasteiger partial charge is 0.277 e. The molecule has 27 heavy (non-hydrogen) atoms. The van der Waals surface area contributed by atoms with E-state index in [1.54, 1.807) is 36.4 Å². The summed E-state index contributed by atoms with van der Waals surface area (Å²) in [7, 11) is 0. The molecule has 3 rings (SSSR count). The highest BCUT2D eigenvalue weighted by molar-refractivity contribution is 6.34. The molecule has 8 heteroatoms. The average Bonchev–Trinajstić information content (AvgIpc) is 3.12. The topological polar surface area (TPSA) is 63.8 Å². The van der Waals surface area contributed by atoms with E-state index in [0.29, 0.717) is 32.3 Å². The molecule has 1 aromatic heterocycles. The van der Waals surface area contributed by atoms with Gasteiger partial charge in [0.15, 0.2) is 6.61 Å². The third-order valence-corrected chi connectivity index (χ3v) is 4.19. The van der Waals surface area contributed by atoms with Crippen LogP contribution in [0, 0.1) is 0 Å². The van der Waals surface area contributed by atoms with Gasteiger partial charge in [0, 0.05) is 21.7 Å². The highest BCUT2D eigenvalue weighted by Gasteiger charge is 2.07. The van der Waals surface area contributed by atoms with Crippen LogP contribution in [0.2, 0.25) is 15.1 Å². The van der Waals surface area contributed by atoms with Gasteiger partial charge in [-0.15, -0.1) is 0 Å². The second-order valence-electron chi connectivity index (χ2n) is 5.37. The molecule has 0 aliphatic carbocycles. The summed E-state index contributed by atoms with van der Waals surface area (Å²) in [6, 6.07) is 15.5. The maximum atomic E-state index is 11.8. The lowest BCUT2D eigenvalue weighted by Gasteiger charge is -2.07. The van der Waals surface area contributed by atoms with Crippen molar-refractivity contribution in [2.45, 2.75) is 0 Å². The first-order valence-corrected chi connectivity index (χ1v) is 8.90. The van der Waals surface area contributed by atoms with Gasteiger partial charge >= 0.3 is 0 Å². The van der Waals surface area contributed by atoms with Crippen molar-refractivity contribution in [3.63, 3.8) is 0 Å². The molecule has 2 aromatic carbocycles. The van der Waals surface area contributed by atoms with Crippen molar-refractivity contribution in [3.05, 3.63) is 75.4 Å². The fourth-order valence-corrected chi connectivity index (χ4v) is 2.58. The minimum absolute atomic E-state index is 0.258. The summed E-state index contributed by atoms with van der Waals surface area (Å²) in [5, 5.41) is 5.31. The monoisotopic (exact) mass is 422 g/mol. The van der Waals surface area contributed by atoms with Crippen molar-refractivity contribution >= 4 is 46.9 Å². The van der Waals surface area contributed by atoms with Gasteiger partial charge in [0.05, 0.1) is 11.2 Å². The average molecular weight is 424 g/mol. The predicted octanol–water partition coefficient (Wildman–Crippen LogP) is 5.44. The number of carbonyl (C=O) groups is 1. The number of halogens is 3. The molecule has 1 amide bonds. The number of hydrogen-bond acceptors (Lipinski definition) is 4. The van der Waals surface area contributed by atoms with E-state index in [9.17, 15) is 4.79 Å². The van der Waals surface area contributed by atoms with Crippen LogP contribution < -0.4 is 10.2 Å². The van der Waals surface area contributed by atoms with E-state index < -0.39 is 5.91 Å². The van der Waals surface area contributed by atoms with E-state index in [-0.39, 0.29) is 6.61 Å². The Morgan fingerprint density at radius 2 is 1.78 bits per heavy atom. The number of nitrogens with one attached hydrogen (secondary N) is 1. The number of hydrogen-bond donors (Lipinski definition) is 1. The Kier molecular flexibility index (Phi) is 6.40. The van der Waals surface area contributed by atoms with Crippen LogP contribution in [-0.4, -0.2) is 18.7 Å². The zero-order valence-electron chi connectivity index (χ0n) is 13.8. The van der Waals surface area contributed by atoms with Crippen molar-refractivity contribution in [1.29, 1.82) is 0 Å². The van der Waals surface area contributed by atoms with Gasteiger partial charge in [-0.25, -0.2) is 5.43 Å². The number of carbonyl (C=O) groups excluding carboxylic acids is 1. The Morgan fingerprint density at radius 1 is 1.04 bits per heavy atom. The van der Waals surface area contributed by atoms with Crippen LogP contribution in [0.15, 0.2) is 64.1 Å². The normalized spacial score (nSPS) is 10.9. The summed E-state index contributed by atoms with van der Waals surface area (Å²) in [5.41, 5.74) is 3.23. The van der Waals surface area contributed by atoms with Crippen molar-refractivity contribution < 1.29 is 13.9 Å². The van der Waals surface area contributed by atoms with Gasteiger partial charge in [-0.2, -0.15) is 5.10 Å². The standard InChI is InChI=1S/C19H13Cl3N2O3/c20-13-3-1-12(2-4-13)17-8-6-15(27-17)10-23-24-19(25)11-26-18-9-14(21)5-7-16(18)22/h1-10H,11H2,(H,24,25)/b23-10+. The SMILES string of the molecule is O=C(COc1cc(Cl)ccc1Cl)N/N=C/c1ccc(-c2ccc(Cl)cc2)o1. The Balaban J connectivity index is 1.52. The quantitative estimate of drug-likeness (QED) is 0.424. The van der Waals surface area contributed by atoms with Gasteiger partial charge in [0.1, 0.15) is 17.3 Å². The molecule has 138 valence electrons. The third kappa shape index (κ3) is 5.50. The van der Waals surface area contributed by atoms with E-state index in [4.69, 9.17) is 44.0 Å². The highest BCUT2D eigenvalue weighted by atomic mass is 35.5. The molecule has 1 heterocycles. The lowest BCUT2D eigenvalue weighted by molar-refractivity contribution is -0.123. The number of amides is 1. The van der Waals surface area contributed by atoms with E-state index in [2.05, 4.69) is 10.5 Å². The van der Waals surface area contributed by atoms with Crippen LogP contribution in [0.1, 0.15) is 5.76 Å². The number of furan rings is 1. The Bertz CT molecular complexity index is 969. The number of benzene rings is 2. The Hall–Kier alpha value is -2.47. The Morgan fingerprint density at radius 3 is 2.56 bits per heavy atom. The molecule has 0 bridgehead atoms. The molecule has 0 unspecified atom stereocenters. The van der Waals surface area contributed by atoms with Crippen LogP contribution in [0.5, 0.6) is 5.75 Å². The zero-order chi connectivity index (χ0) is 19.2. The van der Waals surface area contributed by atoms with Crippen LogP contribution in [-0.2, 0) is 4.79 Å². The van der Waals surface area contributed by atoms with Crippen LogP contribution in [0.25, 0.3) is 11.3 Å². The molecule has 0 radical (unpaired) electrons. The first-order valence-electron chi connectivity index (χ1n) is 7.77. The number of rotatable bonds is 6. The summed E-state index contributed by atoms with van der Waals surface area (Å²) in [6.07, 6.45) is 1.39. The molecule has 0 saturated heterocycles. The second kappa shape index (κ2) is 8.95. The first-order chi connectivity index (χ1) is 13.0. The zero-order valence-corrected chi connectivity index (χ0v) is 16.1. The molecular formula is C19H13Cl3N2O3. The van der Waals surface area contributed by atoms with E-state index in [0.717, 1.165) is 5.56 Å². The molecule has 0 spiro atoms. The summed E-state index contributed by atoms with van der Waals surface area (Å²) in [6.45, 7) is -0.258.